The predicted molar refractivity (Wildman–Crippen MR) is 115 cm³/mol. The second kappa shape index (κ2) is 8.20. The second-order valence-corrected chi connectivity index (χ2v) is 7.86. The molecule has 3 nitrogen and oxygen atoms in total. The van der Waals surface area contributed by atoms with Crippen LogP contribution in [0.5, 0.6) is 0 Å². The Balaban J connectivity index is 1.66. The van der Waals surface area contributed by atoms with Crippen molar-refractivity contribution < 1.29 is 4.39 Å². The molecule has 0 amide bonds. The topological polar surface area (TPSA) is 41.6 Å². The average Bonchev–Trinajstić information content (AvgIpc) is 3.14. The number of aryl methyl sites for hydroxylation is 1. The number of thioether (sulfide) groups is 1. The molecule has 2 heterocycles. The predicted octanol–water partition coefficient (Wildman–Crippen LogP) is 6.17. The molecule has 0 saturated carbocycles. The molecule has 0 bridgehead atoms. The van der Waals surface area contributed by atoms with Crippen molar-refractivity contribution in [2.24, 2.45) is 0 Å². The molecule has 0 radical (unpaired) electrons. The van der Waals surface area contributed by atoms with Gasteiger partial charge in [0.15, 0.2) is 5.16 Å². The van der Waals surface area contributed by atoms with E-state index >= 15 is 0 Å². The Morgan fingerprint density at radius 1 is 1.00 bits per heavy atom. The molecular formula is C22H18FN3S2. The molecule has 0 fully saturated rings. The minimum absolute atomic E-state index is 0.262. The van der Waals surface area contributed by atoms with Crippen LogP contribution in [0.3, 0.4) is 0 Å². The first kappa shape index (κ1) is 18.8. The van der Waals surface area contributed by atoms with E-state index in [4.69, 9.17) is 4.98 Å². The van der Waals surface area contributed by atoms with Crippen molar-refractivity contribution in [2.75, 3.05) is 0 Å². The molecule has 4 aromatic rings. The van der Waals surface area contributed by atoms with Crippen LogP contribution in [0.2, 0.25) is 0 Å². The number of halogens is 1. The van der Waals surface area contributed by atoms with Gasteiger partial charge in [-0.25, -0.2) is 9.37 Å². The molecule has 0 spiro atoms. The van der Waals surface area contributed by atoms with Gasteiger partial charge in [-0.3, -0.25) is 4.98 Å². The summed E-state index contributed by atoms with van der Waals surface area (Å²) in [6, 6.07) is 16.5. The lowest BCUT2D eigenvalue weighted by Crippen LogP contribution is -1.85. The van der Waals surface area contributed by atoms with Gasteiger partial charge in [-0.05, 0) is 60.5 Å². The van der Waals surface area contributed by atoms with Crippen molar-refractivity contribution in [1.29, 1.82) is 0 Å². The summed E-state index contributed by atoms with van der Waals surface area (Å²) < 4.78 is 13.4. The van der Waals surface area contributed by atoms with Gasteiger partial charge >= 0.3 is 0 Å². The summed E-state index contributed by atoms with van der Waals surface area (Å²) in [6.07, 6.45) is 3.50. The third-order valence-corrected chi connectivity index (χ3v) is 5.85. The average molecular weight is 408 g/mol. The SMILES string of the molecule is Cc1cc(CSc2nc(-c3ccc(F)cc3)c(-c3ccncc3)[nH]2)ccc1S. The highest BCUT2D eigenvalue weighted by atomic mass is 32.2. The number of hydrogen-bond donors (Lipinski definition) is 2. The Morgan fingerprint density at radius 2 is 1.75 bits per heavy atom. The summed E-state index contributed by atoms with van der Waals surface area (Å²) in [5.74, 6) is 0.531. The van der Waals surface area contributed by atoms with Crippen molar-refractivity contribution in [2.45, 2.75) is 22.7 Å². The summed E-state index contributed by atoms with van der Waals surface area (Å²) in [6.45, 7) is 2.05. The number of pyridine rings is 1. The Morgan fingerprint density at radius 3 is 2.46 bits per heavy atom. The number of aromatic nitrogens is 3. The Hall–Kier alpha value is -2.57. The Bertz CT molecular complexity index is 1090. The Kier molecular flexibility index (Phi) is 5.50. The van der Waals surface area contributed by atoms with Gasteiger partial charge < -0.3 is 4.98 Å². The number of aromatic amines is 1. The summed E-state index contributed by atoms with van der Waals surface area (Å²) >= 11 is 6.07. The minimum Gasteiger partial charge on any atom is -0.332 e. The zero-order valence-electron chi connectivity index (χ0n) is 15.2. The first-order valence-corrected chi connectivity index (χ1v) is 10.2. The largest absolute Gasteiger partial charge is 0.332 e. The maximum Gasteiger partial charge on any atom is 0.166 e. The number of H-pyrrole nitrogens is 1. The lowest BCUT2D eigenvalue weighted by atomic mass is 10.1. The number of nitrogens with one attached hydrogen (secondary N) is 1. The van der Waals surface area contributed by atoms with Crippen molar-refractivity contribution >= 4 is 24.4 Å². The molecule has 0 aliphatic carbocycles. The van der Waals surface area contributed by atoms with E-state index in [1.165, 1.54) is 17.7 Å². The fourth-order valence-electron chi connectivity index (χ4n) is 2.92. The first-order valence-electron chi connectivity index (χ1n) is 8.78. The van der Waals surface area contributed by atoms with E-state index in [2.05, 4.69) is 41.7 Å². The summed E-state index contributed by atoms with van der Waals surface area (Å²) in [4.78, 5) is 13.3. The van der Waals surface area contributed by atoms with Crippen molar-refractivity contribution in [3.63, 3.8) is 0 Å². The van der Waals surface area contributed by atoms with Gasteiger partial charge in [0.1, 0.15) is 5.82 Å². The van der Waals surface area contributed by atoms with Gasteiger partial charge in [-0.15, -0.1) is 12.6 Å². The molecule has 0 unspecified atom stereocenters. The van der Waals surface area contributed by atoms with Crippen LogP contribution < -0.4 is 0 Å². The van der Waals surface area contributed by atoms with Crippen LogP contribution in [-0.2, 0) is 5.75 Å². The van der Waals surface area contributed by atoms with E-state index in [1.54, 1.807) is 36.3 Å². The quantitative estimate of drug-likeness (QED) is 0.307. The molecule has 2 aromatic carbocycles. The highest BCUT2D eigenvalue weighted by Gasteiger charge is 2.15. The molecule has 0 atom stereocenters. The Labute approximate surface area is 172 Å². The lowest BCUT2D eigenvalue weighted by Gasteiger charge is -2.03. The molecule has 0 saturated heterocycles. The molecule has 28 heavy (non-hydrogen) atoms. The van der Waals surface area contributed by atoms with E-state index in [9.17, 15) is 4.39 Å². The van der Waals surface area contributed by atoms with Crippen molar-refractivity contribution in [1.82, 2.24) is 15.0 Å². The number of rotatable bonds is 5. The molecule has 0 aliphatic rings. The number of hydrogen-bond acceptors (Lipinski definition) is 4. The molecule has 140 valence electrons. The molecular weight excluding hydrogens is 389 g/mol. The van der Waals surface area contributed by atoms with Crippen LogP contribution in [0, 0.1) is 12.7 Å². The minimum atomic E-state index is -0.262. The molecule has 4 rings (SSSR count). The standard InChI is InChI=1S/C22H18FN3S2/c1-14-12-15(2-7-19(14)27)13-28-22-25-20(16-3-5-18(23)6-4-16)21(26-22)17-8-10-24-11-9-17/h2-12,27H,13H2,1H3,(H,25,26). The third kappa shape index (κ3) is 4.13. The van der Waals surface area contributed by atoms with Crippen LogP contribution in [0.4, 0.5) is 4.39 Å². The summed E-state index contributed by atoms with van der Waals surface area (Å²) in [5.41, 5.74) is 5.93. The monoisotopic (exact) mass is 407 g/mol. The number of nitrogens with zero attached hydrogens (tertiary/aromatic N) is 2. The highest BCUT2D eigenvalue weighted by molar-refractivity contribution is 7.98. The fourth-order valence-corrected chi connectivity index (χ4v) is 3.88. The van der Waals surface area contributed by atoms with E-state index in [-0.39, 0.29) is 5.82 Å². The van der Waals surface area contributed by atoms with Crippen LogP contribution in [0.15, 0.2) is 77.0 Å². The van der Waals surface area contributed by atoms with E-state index in [1.807, 2.05) is 18.2 Å². The van der Waals surface area contributed by atoms with Crippen LogP contribution in [0.25, 0.3) is 22.5 Å². The van der Waals surface area contributed by atoms with Gasteiger partial charge in [0.25, 0.3) is 0 Å². The van der Waals surface area contributed by atoms with Crippen LogP contribution in [-0.4, -0.2) is 15.0 Å². The van der Waals surface area contributed by atoms with Crippen molar-refractivity contribution in [3.8, 4) is 22.5 Å². The summed E-state index contributed by atoms with van der Waals surface area (Å²) in [5, 5.41) is 0.818. The van der Waals surface area contributed by atoms with Gasteiger partial charge in [0.2, 0.25) is 0 Å². The van der Waals surface area contributed by atoms with E-state index in [0.717, 1.165) is 43.9 Å². The number of benzene rings is 2. The maximum absolute atomic E-state index is 13.4. The molecule has 2 aromatic heterocycles. The zero-order chi connectivity index (χ0) is 19.5. The smallest absolute Gasteiger partial charge is 0.166 e. The molecule has 1 N–H and O–H groups in total. The van der Waals surface area contributed by atoms with Crippen LogP contribution >= 0.6 is 24.4 Å². The second-order valence-electron chi connectivity index (χ2n) is 6.42. The zero-order valence-corrected chi connectivity index (χ0v) is 16.9. The normalized spacial score (nSPS) is 11.0. The van der Waals surface area contributed by atoms with Gasteiger partial charge in [-0.2, -0.15) is 0 Å². The number of thiol groups is 1. The van der Waals surface area contributed by atoms with Gasteiger partial charge in [-0.1, -0.05) is 23.9 Å². The van der Waals surface area contributed by atoms with E-state index in [0.29, 0.717) is 0 Å². The lowest BCUT2D eigenvalue weighted by molar-refractivity contribution is 0.628. The summed E-state index contributed by atoms with van der Waals surface area (Å²) in [7, 11) is 0. The third-order valence-electron chi connectivity index (χ3n) is 4.41. The van der Waals surface area contributed by atoms with Gasteiger partial charge in [0.05, 0.1) is 11.4 Å². The van der Waals surface area contributed by atoms with Crippen LogP contribution in [0.1, 0.15) is 11.1 Å². The van der Waals surface area contributed by atoms with Gasteiger partial charge in [0, 0.05) is 34.2 Å². The molecule has 0 aliphatic heterocycles. The number of imidazole rings is 1. The maximum atomic E-state index is 13.4. The fraction of sp³-hybridized carbons (Fsp3) is 0.0909. The van der Waals surface area contributed by atoms with Crippen molar-refractivity contribution in [3.05, 3.63) is 83.9 Å². The first-order chi connectivity index (χ1) is 13.6. The van der Waals surface area contributed by atoms with E-state index < -0.39 is 0 Å². The highest BCUT2D eigenvalue weighted by Crippen LogP contribution is 2.33. The molecule has 6 heteroatoms.